The van der Waals surface area contributed by atoms with E-state index in [4.69, 9.17) is 33.5 Å². The third-order valence-electron chi connectivity index (χ3n) is 7.31. The van der Waals surface area contributed by atoms with E-state index in [9.17, 15) is 0 Å². The maximum Gasteiger partial charge on any atom is 0.188 e. The predicted molar refractivity (Wildman–Crippen MR) is 150 cm³/mol. The highest BCUT2D eigenvalue weighted by molar-refractivity contribution is 5.48. The number of aryl methyl sites for hydroxylation is 1. The van der Waals surface area contributed by atoms with Gasteiger partial charge in [-0.15, -0.1) is 0 Å². The van der Waals surface area contributed by atoms with E-state index in [1.165, 1.54) is 16.7 Å². The van der Waals surface area contributed by atoms with Crippen LogP contribution in [-0.4, -0.2) is 52.7 Å². The SMILES string of the molecule is COCOc1ccc(C2(C)COc3cc(OCOC)ccc3C2CCCOc2ccc(CCCO)cc2)cc1. The molecule has 1 aliphatic heterocycles. The van der Waals surface area contributed by atoms with Crippen molar-refractivity contribution in [2.24, 2.45) is 0 Å². The first-order chi connectivity index (χ1) is 19.1. The number of benzene rings is 3. The van der Waals surface area contributed by atoms with Gasteiger partial charge in [-0.2, -0.15) is 0 Å². The highest BCUT2D eigenvalue weighted by atomic mass is 16.7. The number of hydrogen-bond donors (Lipinski definition) is 1. The quantitative estimate of drug-likeness (QED) is 0.192. The Morgan fingerprint density at radius 2 is 1.46 bits per heavy atom. The van der Waals surface area contributed by atoms with Crippen LogP contribution in [0.2, 0.25) is 0 Å². The monoisotopic (exact) mass is 536 g/mol. The van der Waals surface area contributed by atoms with Crippen LogP contribution in [0.4, 0.5) is 0 Å². The first-order valence-corrected chi connectivity index (χ1v) is 13.5. The molecule has 7 nitrogen and oxygen atoms in total. The van der Waals surface area contributed by atoms with Crippen LogP contribution in [0.5, 0.6) is 23.0 Å². The van der Waals surface area contributed by atoms with Gasteiger partial charge in [0.15, 0.2) is 13.6 Å². The molecular formula is C32H40O7. The molecule has 3 aromatic carbocycles. The summed E-state index contributed by atoms with van der Waals surface area (Å²) in [6.07, 6.45) is 3.47. The number of rotatable bonds is 15. The Hall–Kier alpha value is -3.26. The molecule has 1 heterocycles. The fourth-order valence-corrected chi connectivity index (χ4v) is 5.15. The van der Waals surface area contributed by atoms with Crippen LogP contribution in [0.25, 0.3) is 0 Å². The zero-order valence-electron chi connectivity index (χ0n) is 23.2. The second-order valence-electron chi connectivity index (χ2n) is 10.0. The third-order valence-corrected chi connectivity index (χ3v) is 7.31. The smallest absolute Gasteiger partial charge is 0.188 e. The van der Waals surface area contributed by atoms with Gasteiger partial charge >= 0.3 is 0 Å². The first kappa shape index (κ1) is 28.7. The number of aliphatic hydroxyl groups excluding tert-OH is 1. The molecule has 210 valence electrons. The van der Waals surface area contributed by atoms with Gasteiger partial charge in [0, 0.05) is 38.2 Å². The summed E-state index contributed by atoms with van der Waals surface area (Å²) in [5, 5.41) is 9.04. The molecule has 3 aromatic rings. The van der Waals surface area contributed by atoms with E-state index in [0.29, 0.717) is 13.2 Å². The molecule has 0 fully saturated rings. The number of hydrogen-bond acceptors (Lipinski definition) is 7. The van der Waals surface area contributed by atoms with Crippen molar-refractivity contribution in [1.29, 1.82) is 0 Å². The summed E-state index contributed by atoms with van der Waals surface area (Å²) in [4.78, 5) is 0. The Balaban J connectivity index is 1.49. The van der Waals surface area contributed by atoms with Gasteiger partial charge < -0.3 is 33.5 Å². The summed E-state index contributed by atoms with van der Waals surface area (Å²) in [5.41, 5.74) is 3.33. The number of methoxy groups -OCH3 is 2. The fourth-order valence-electron chi connectivity index (χ4n) is 5.15. The molecule has 0 amide bonds. The van der Waals surface area contributed by atoms with E-state index in [0.717, 1.165) is 48.7 Å². The fraction of sp³-hybridized carbons (Fsp3) is 0.438. The molecule has 2 atom stereocenters. The molecule has 4 rings (SSSR count). The summed E-state index contributed by atoms with van der Waals surface area (Å²) in [5.74, 6) is 3.43. The molecular weight excluding hydrogens is 496 g/mol. The van der Waals surface area contributed by atoms with Crippen LogP contribution >= 0.6 is 0 Å². The minimum atomic E-state index is -0.240. The molecule has 2 unspecified atom stereocenters. The molecule has 0 aliphatic carbocycles. The average molecular weight is 537 g/mol. The Morgan fingerprint density at radius 3 is 2.15 bits per heavy atom. The summed E-state index contributed by atoms with van der Waals surface area (Å²) < 4.78 is 33.8. The second-order valence-corrected chi connectivity index (χ2v) is 10.0. The van der Waals surface area contributed by atoms with Gasteiger partial charge in [-0.05, 0) is 72.7 Å². The zero-order valence-corrected chi connectivity index (χ0v) is 23.2. The first-order valence-electron chi connectivity index (χ1n) is 13.5. The lowest BCUT2D eigenvalue weighted by molar-refractivity contribution is 0.0505. The summed E-state index contributed by atoms with van der Waals surface area (Å²) >= 11 is 0. The second kappa shape index (κ2) is 14.2. The molecule has 1 aliphatic rings. The van der Waals surface area contributed by atoms with Crippen molar-refractivity contribution < 1.29 is 33.5 Å². The van der Waals surface area contributed by atoms with Crippen LogP contribution in [0.1, 0.15) is 48.8 Å². The van der Waals surface area contributed by atoms with Crippen molar-refractivity contribution in [3.8, 4) is 23.0 Å². The summed E-state index contributed by atoms with van der Waals surface area (Å²) in [7, 11) is 3.22. The summed E-state index contributed by atoms with van der Waals surface area (Å²) in [6, 6.07) is 22.4. The molecule has 0 spiro atoms. The Bertz CT molecular complexity index is 1150. The molecule has 0 bridgehead atoms. The van der Waals surface area contributed by atoms with Crippen molar-refractivity contribution in [1.82, 2.24) is 0 Å². The van der Waals surface area contributed by atoms with Crippen molar-refractivity contribution in [3.63, 3.8) is 0 Å². The average Bonchev–Trinajstić information content (AvgIpc) is 2.97. The molecule has 0 aromatic heterocycles. The number of aliphatic hydroxyl groups is 1. The van der Waals surface area contributed by atoms with Gasteiger partial charge in [-0.25, -0.2) is 0 Å². The van der Waals surface area contributed by atoms with Gasteiger partial charge in [-0.1, -0.05) is 37.3 Å². The number of ether oxygens (including phenoxy) is 6. The molecule has 1 N–H and O–H groups in total. The molecule has 39 heavy (non-hydrogen) atoms. The van der Waals surface area contributed by atoms with Gasteiger partial charge in [0.05, 0.1) is 13.2 Å². The van der Waals surface area contributed by atoms with Crippen LogP contribution in [0, 0.1) is 0 Å². The van der Waals surface area contributed by atoms with E-state index in [1.807, 2.05) is 36.4 Å². The van der Waals surface area contributed by atoms with E-state index >= 15 is 0 Å². The van der Waals surface area contributed by atoms with Crippen LogP contribution in [-0.2, 0) is 21.3 Å². The summed E-state index contributed by atoms with van der Waals surface area (Å²) in [6.45, 7) is 4.06. The predicted octanol–water partition coefficient (Wildman–Crippen LogP) is 5.87. The van der Waals surface area contributed by atoms with E-state index < -0.39 is 0 Å². The van der Waals surface area contributed by atoms with Crippen molar-refractivity contribution >= 4 is 0 Å². The lowest BCUT2D eigenvalue weighted by Crippen LogP contribution is -2.40. The van der Waals surface area contributed by atoms with E-state index in [-0.39, 0.29) is 31.5 Å². The Morgan fingerprint density at radius 1 is 0.821 bits per heavy atom. The van der Waals surface area contributed by atoms with Gasteiger partial charge in [0.25, 0.3) is 0 Å². The van der Waals surface area contributed by atoms with Gasteiger partial charge in [0.2, 0.25) is 0 Å². The van der Waals surface area contributed by atoms with Crippen LogP contribution in [0.3, 0.4) is 0 Å². The maximum atomic E-state index is 9.04. The van der Waals surface area contributed by atoms with Crippen molar-refractivity contribution in [2.75, 3.05) is 47.6 Å². The normalized spacial score (nSPS) is 18.2. The Kier molecular flexibility index (Phi) is 10.5. The van der Waals surface area contributed by atoms with E-state index in [1.54, 1.807) is 14.2 Å². The highest BCUT2D eigenvalue weighted by Gasteiger charge is 2.42. The minimum Gasteiger partial charge on any atom is -0.494 e. The molecule has 0 saturated carbocycles. The van der Waals surface area contributed by atoms with Crippen LogP contribution in [0.15, 0.2) is 66.7 Å². The lowest BCUT2D eigenvalue weighted by Gasteiger charge is -2.43. The van der Waals surface area contributed by atoms with Gasteiger partial charge in [-0.3, -0.25) is 0 Å². The minimum absolute atomic E-state index is 0.192. The highest BCUT2D eigenvalue weighted by Crippen LogP contribution is 2.49. The van der Waals surface area contributed by atoms with E-state index in [2.05, 4.69) is 37.3 Å². The standard InChI is InChI=1S/C32H40O7/c1-32(25-10-14-27(15-11-25)38-22-34-2)21-37-31-20-28(39-23-35-3)16-17-29(31)30(32)7-5-19-36-26-12-8-24(9-13-26)6-4-18-33/h8-17,20,30,33H,4-7,18-19,21-23H2,1-3H3. The Labute approximate surface area is 231 Å². The topological polar surface area (TPSA) is 75.6 Å². The third kappa shape index (κ3) is 7.44. The van der Waals surface area contributed by atoms with Gasteiger partial charge in [0.1, 0.15) is 23.0 Å². The molecule has 7 heteroatoms. The molecule has 0 saturated heterocycles. The maximum absolute atomic E-state index is 9.04. The number of fused-ring (bicyclic) bond motifs is 1. The largest absolute Gasteiger partial charge is 0.494 e. The zero-order chi connectivity index (χ0) is 27.5. The van der Waals surface area contributed by atoms with Crippen LogP contribution < -0.4 is 18.9 Å². The lowest BCUT2D eigenvalue weighted by atomic mass is 9.66. The van der Waals surface area contributed by atoms with Crippen molar-refractivity contribution in [2.45, 2.75) is 43.9 Å². The van der Waals surface area contributed by atoms with Crippen molar-refractivity contribution in [3.05, 3.63) is 83.4 Å². The molecule has 0 radical (unpaired) electrons.